The highest BCUT2D eigenvalue weighted by molar-refractivity contribution is 7.92. The molecule has 0 aromatic carbocycles. The Morgan fingerprint density at radius 1 is 1.00 bits per heavy atom. The third-order valence-electron chi connectivity index (χ3n) is 10.5. The van der Waals surface area contributed by atoms with Gasteiger partial charge in [0.2, 0.25) is 17.6 Å². The standard InChI is InChI=1S/C32H51N5O7S/c1-7-16-33-26(39)21(38)18-34-27(40)24-23-20(31(23,5)6)19-37(24)28(41)25(30(2,3)4)35-29(42)36-32(14-10-8-11-15-32)22-13-9-12-17-45(22,43)44/h7,20,22-25H,1,8-19H2,2-6H3,(H,33,39)(H,34,40)(H2,35,36,42)/t20?,22-,23?,24+,25-/m1/s1. The van der Waals surface area contributed by atoms with Gasteiger partial charge in [0.15, 0.2) is 9.84 Å². The van der Waals surface area contributed by atoms with Crippen molar-refractivity contribution in [3.8, 4) is 0 Å². The lowest BCUT2D eigenvalue weighted by molar-refractivity contribution is -0.144. The van der Waals surface area contributed by atoms with E-state index >= 15 is 0 Å². The maximum atomic E-state index is 14.2. The average Bonchev–Trinajstić information content (AvgIpc) is 3.28. The quantitative estimate of drug-likeness (QED) is 0.207. The number of ketones is 1. The van der Waals surface area contributed by atoms with Crippen LogP contribution in [0.5, 0.6) is 0 Å². The Kier molecular flexibility index (Phi) is 10.1. The largest absolute Gasteiger partial charge is 0.347 e. The Bertz CT molecular complexity index is 1320. The molecular formula is C32H51N5O7S. The first-order valence-corrected chi connectivity index (χ1v) is 18.0. The summed E-state index contributed by atoms with van der Waals surface area (Å²) in [5, 5.41) is 10.2. The van der Waals surface area contributed by atoms with E-state index in [4.69, 9.17) is 0 Å². The number of hydrogen-bond donors (Lipinski definition) is 4. The SMILES string of the molecule is C=CCNC(=O)C(=O)CNC(=O)[C@@H]1C2C(CN1C(=O)[C@@H](NC(=O)NC1([C@H]3CCCCS3(=O)=O)CCCCC1)C(C)(C)C)C2(C)C. The molecule has 252 valence electrons. The number of Topliss-reactive ketones (excluding diaryl/α,β-unsaturated/α-hetero) is 1. The molecule has 2 unspecified atom stereocenters. The molecule has 45 heavy (non-hydrogen) atoms. The summed E-state index contributed by atoms with van der Waals surface area (Å²) in [6.07, 6.45) is 7.10. The molecule has 0 spiro atoms. The Morgan fingerprint density at radius 2 is 1.67 bits per heavy atom. The summed E-state index contributed by atoms with van der Waals surface area (Å²) >= 11 is 0. The molecule has 4 fully saturated rings. The van der Waals surface area contributed by atoms with Crippen LogP contribution in [0, 0.1) is 22.7 Å². The maximum Gasteiger partial charge on any atom is 0.315 e. The van der Waals surface area contributed by atoms with Crippen molar-refractivity contribution in [3.05, 3.63) is 12.7 Å². The fourth-order valence-electron chi connectivity index (χ4n) is 7.92. The van der Waals surface area contributed by atoms with E-state index in [-0.39, 0.29) is 29.5 Å². The van der Waals surface area contributed by atoms with Crippen molar-refractivity contribution in [2.24, 2.45) is 22.7 Å². The van der Waals surface area contributed by atoms with Gasteiger partial charge in [0.1, 0.15) is 12.1 Å². The third kappa shape index (κ3) is 7.23. The van der Waals surface area contributed by atoms with E-state index in [2.05, 4.69) is 27.8 Å². The van der Waals surface area contributed by atoms with Crippen LogP contribution in [0.25, 0.3) is 0 Å². The molecule has 2 saturated heterocycles. The lowest BCUT2D eigenvalue weighted by Crippen LogP contribution is -2.66. The van der Waals surface area contributed by atoms with E-state index in [0.29, 0.717) is 32.2 Å². The van der Waals surface area contributed by atoms with E-state index in [1.807, 2.05) is 34.6 Å². The number of urea groups is 1. The summed E-state index contributed by atoms with van der Waals surface area (Å²) in [7, 11) is -3.38. The van der Waals surface area contributed by atoms with E-state index in [1.165, 1.54) is 11.0 Å². The molecule has 2 saturated carbocycles. The zero-order valence-corrected chi connectivity index (χ0v) is 28.2. The molecule has 4 rings (SSSR count). The minimum Gasteiger partial charge on any atom is -0.347 e. The Balaban J connectivity index is 1.51. The van der Waals surface area contributed by atoms with Gasteiger partial charge in [-0.3, -0.25) is 19.2 Å². The average molecular weight is 650 g/mol. The lowest BCUT2D eigenvalue weighted by Gasteiger charge is -2.45. The lowest BCUT2D eigenvalue weighted by atomic mass is 9.77. The van der Waals surface area contributed by atoms with Crippen LogP contribution in [-0.4, -0.2) is 91.1 Å². The van der Waals surface area contributed by atoms with Crippen molar-refractivity contribution in [1.29, 1.82) is 0 Å². The molecule has 0 bridgehead atoms. The molecule has 0 aromatic heterocycles. The summed E-state index contributed by atoms with van der Waals surface area (Å²) in [6.45, 7) is 13.0. The van der Waals surface area contributed by atoms with Gasteiger partial charge in [0.05, 0.1) is 23.1 Å². The van der Waals surface area contributed by atoms with Gasteiger partial charge < -0.3 is 26.2 Å². The molecule has 2 aliphatic heterocycles. The summed E-state index contributed by atoms with van der Waals surface area (Å²) in [5.41, 5.74) is -1.82. The second kappa shape index (κ2) is 13.0. The van der Waals surface area contributed by atoms with Gasteiger partial charge in [-0.1, -0.05) is 66.4 Å². The Hall–Kier alpha value is -2.96. The number of sulfone groups is 1. The highest BCUT2D eigenvalue weighted by Gasteiger charge is 2.69. The number of carbonyl (C=O) groups excluding carboxylic acids is 5. The number of fused-ring (bicyclic) bond motifs is 1. The molecule has 2 heterocycles. The Labute approximate surface area is 267 Å². The zero-order chi connectivity index (χ0) is 33.4. The van der Waals surface area contributed by atoms with Crippen molar-refractivity contribution in [1.82, 2.24) is 26.2 Å². The first-order chi connectivity index (χ1) is 21.0. The van der Waals surface area contributed by atoms with E-state index in [9.17, 15) is 32.4 Å². The molecule has 0 aromatic rings. The number of carbonyl (C=O) groups is 5. The molecule has 4 N–H and O–H groups in total. The Morgan fingerprint density at radius 3 is 2.27 bits per heavy atom. The molecule has 2 aliphatic carbocycles. The molecule has 5 atom stereocenters. The highest BCUT2D eigenvalue weighted by Crippen LogP contribution is 2.65. The molecule has 4 aliphatic rings. The van der Waals surface area contributed by atoms with Crippen LogP contribution in [0.15, 0.2) is 12.7 Å². The molecule has 13 heteroatoms. The van der Waals surface area contributed by atoms with Gasteiger partial charge in [-0.25, -0.2) is 13.2 Å². The first kappa shape index (κ1) is 34.9. The van der Waals surface area contributed by atoms with E-state index in [0.717, 1.165) is 25.7 Å². The van der Waals surface area contributed by atoms with Crippen molar-refractivity contribution < 1.29 is 32.4 Å². The van der Waals surface area contributed by atoms with Crippen LogP contribution < -0.4 is 21.3 Å². The van der Waals surface area contributed by atoms with Crippen molar-refractivity contribution >= 4 is 39.4 Å². The second-order valence-corrected chi connectivity index (χ2v) is 17.3. The smallest absolute Gasteiger partial charge is 0.315 e. The number of nitrogens with one attached hydrogen (secondary N) is 4. The van der Waals surface area contributed by atoms with Crippen molar-refractivity contribution in [2.45, 2.75) is 109 Å². The van der Waals surface area contributed by atoms with Gasteiger partial charge >= 0.3 is 6.03 Å². The summed E-state index contributed by atoms with van der Waals surface area (Å²) in [4.78, 5) is 67.2. The van der Waals surface area contributed by atoms with Crippen LogP contribution in [0.1, 0.15) is 86.0 Å². The van der Waals surface area contributed by atoms with Crippen LogP contribution in [0.4, 0.5) is 4.79 Å². The van der Waals surface area contributed by atoms with Crippen LogP contribution in [-0.2, 0) is 29.0 Å². The minimum absolute atomic E-state index is 0.0697. The van der Waals surface area contributed by atoms with Gasteiger partial charge in [0, 0.05) is 13.1 Å². The number of amides is 5. The van der Waals surface area contributed by atoms with Gasteiger partial charge in [0.25, 0.3) is 5.91 Å². The second-order valence-electron chi connectivity index (χ2n) is 15.0. The fraction of sp³-hybridized carbons (Fsp3) is 0.781. The van der Waals surface area contributed by atoms with Crippen LogP contribution >= 0.6 is 0 Å². The summed E-state index contributed by atoms with van der Waals surface area (Å²) < 4.78 is 26.4. The maximum absolute atomic E-state index is 14.2. The zero-order valence-electron chi connectivity index (χ0n) is 27.4. The van der Waals surface area contributed by atoms with E-state index in [1.54, 1.807) is 0 Å². The highest BCUT2D eigenvalue weighted by atomic mass is 32.2. The van der Waals surface area contributed by atoms with Crippen molar-refractivity contribution in [2.75, 3.05) is 25.4 Å². The predicted molar refractivity (Wildman–Crippen MR) is 170 cm³/mol. The topological polar surface area (TPSA) is 171 Å². The number of piperidine rings is 1. The number of hydrogen-bond acceptors (Lipinski definition) is 7. The van der Waals surface area contributed by atoms with Gasteiger partial charge in [-0.15, -0.1) is 6.58 Å². The van der Waals surface area contributed by atoms with Gasteiger partial charge in [-0.2, -0.15) is 0 Å². The molecule has 0 radical (unpaired) electrons. The number of likely N-dealkylation sites (tertiary alicyclic amines) is 1. The summed E-state index contributed by atoms with van der Waals surface area (Å²) in [6, 6.07) is -2.47. The number of rotatable bonds is 10. The van der Waals surface area contributed by atoms with Crippen LogP contribution in [0.2, 0.25) is 0 Å². The third-order valence-corrected chi connectivity index (χ3v) is 12.9. The van der Waals surface area contributed by atoms with Crippen LogP contribution in [0.3, 0.4) is 0 Å². The van der Waals surface area contributed by atoms with Gasteiger partial charge in [-0.05, 0) is 48.3 Å². The molecule has 5 amide bonds. The normalized spacial score (nSPS) is 28.5. The minimum atomic E-state index is -3.38. The number of nitrogens with zero attached hydrogens (tertiary/aromatic N) is 1. The molecule has 12 nitrogen and oxygen atoms in total. The monoisotopic (exact) mass is 649 g/mol. The first-order valence-electron chi connectivity index (χ1n) is 16.3. The van der Waals surface area contributed by atoms with E-state index < -0.39 is 74.2 Å². The predicted octanol–water partition coefficient (Wildman–Crippen LogP) is 1.84. The summed E-state index contributed by atoms with van der Waals surface area (Å²) in [5.74, 6) is -2.53. The molecular weight excluding hydrogens is 598 g/mol. The fourth-order valence-corrected chi connectivity index (χ4v) is 10.3. The van der Waals surface area contributed by atoms with Crippen molar-refractivity contribution in [3.63, 3.8) is 0 Å².